The van der Waals surface area contributed by atoms with Crippen LogP contribution >= 0.6 is 11.8 Å². The summed E-state index contributed by atoms with van der Waals surface area (Å²) >= 11 is 1.21. The summed E-state index contributed by atoms with van der Waals surface area (Å²) in [7, 11) is 2.02. The molecule has 0 amide bonds. The van der Waals surface area contributed by atoms with Gasteiger partial charge < -0.3 is 9.32 Å². The molecule has 3 aromatic rings. The molecule has 0 radical (unpaired) electrons. The lowest BCUT2D eigenvalue weighted by molar-refractivity contribution is 0.101. The van der Waals surface area contributed by atoms with Gasteiger partial charge in [-0.15, -0.1) is 0 Å². The maximum Gasteiger partial charge on any atom is 0.347 e. The number of carbonyl (C=O) groups is 1. The number of aromatic nitrogens is 2. The number of nitrogens with zero attached hydrogens (tertiary/aromatic N) is 3. The fourth-order valence-electron chi connectivity index (χ4n) is 3.66. The number of benzene rings is 1. The van der Waals surface area contributed by atoms with Gasteiger partial charge in [0, 0.05) is 41.6 Å². The second-order valence-electron chi connectivity index (χ2n) is 8.09. The minimum Gasteiger partial charge on any atom is -0.422 e. The van der Waals surface area contributed by atoms with Crippen molar-refractivity contribution in [2.24, 2.45) is 0 Å². The van der Waals surface area contributed by atoms with E-state index in [1.54, 1.807) is 18.3 Å². The number of hydrogen-bond acceptors (Lipinski definition) is 7. The summed E-state index contributed by atoms with van der Waals surface area (Å²) in [6.45, 7) is 8.21. The number of thioether (sulfide) groups is 1. The minimum absolute atomic E-state index is 0.0497. The normalized spacial score (nSPS) is 15.1. The molecule has 30 heavy (non-hydrogen) atoms. The minimum atomic E-state index is -0.622. The first kappa shape index (κ1) is 20.3. The van der Waals surface area contributed by atoms with Crippen LogP contribution in [0.15, 0.2) is 50.9 Å². The standard InChI is InChI=1S/C23H23N3O3S/c1-13-11-23(3,4)26(5)18-10-20-15(8-16(13)18)9-17(21(28)29-20)19(27)12-30-22-24-7-6-14(2)25-22/h6-11H,12H2,1-5H3. The predicted octanol–water partition coefficient (Wildman–Crippen LogP) is 4.50. The van der Waals surface area contributed by atoms with Crippen molar-refractivity contribution in [3.8, 4) is 0 Å². The van der Waals surface area contributed by atoms with Gasteiger partial charge in [0.2, 0.25) is 0 Å². The van der Waals surface area contributed by atoms with Crippen LogP contribution in [0.4, 0.5) is 5.69 Å². The van der Waals surface area contributed by atoms with E-state index >= 15 is 0 Å². The number of allylic oxidation sites excluding steroid dienone is 1. The van der Waals surface area contributed by atoms with Crippen molar-refractivity contribution in [2.75, 3.05) is 17.7 Å². The SMILES string of the molecule is CC1=CC(C)(C)N(C)c2cc3oc(=O)c(C(=O)CSc4nccc(C)n4)cc3cc21. The Kier molecular flexibility index (Phi) is 5.02. The highest BCUT2D eigenvalue weighted by molar-refractivity contribution is 7.99. The lowest BCUT2D eigenvalue weighted by Crippen LogP contribution is -2.42. The molecular weight excluding hydrogens is 398 g/mol. The van der Waals surface area contributed by atoms with E-state index in [2.05, 4.69) is 41.7 Å². The Morgan fingerprint density at radius 2 is 2.00 bits per heavy atom. The highest BCUT2D eigenvalue weighted by Gasteiger charge is 2.29. The third kappa shape index (κ3) is 3.65. The highest BCUT2D eigenvalue weighted by atomic mass is 32.2. The smallest absolute Gasteiger partial charge is 0.347 e. The number of ketones is 1. The number of fused-ring (bicyclic) bond motifs is 2. The lowest BCUT2D eigenvalue weighted by atomic mass is 9.88. The summed E-state index contributed by atoms with van der Waals surface area (Å²) in [5, 5.41) is 1.24. The molecule has 0 spiro atoms. The van der Waals surface area contributed by atoms with Gasteiger partial charge in [-0.05, 0) is 51.5 Å². The van der Waals surface area contributed by atoms with Gasteiger partial charge in [-0.1, -0.05) is 17.8 Å². The molecule has 0 aliphatic carbocycles. The number of likely N-dealkylation sites (N-methyl/N-ethyl adjacent to an activating group) is 1. The van der Waals surface area contributed by atoms with E-state index in [0.29, 0.717) is 10.7 Å². The molecule has 7 heteroatoms. The summed E-state index contributed by atoms with van der Waals surface area (Å²) < 4.78 is 5.54. The number of anilines is 1. The van der Waals surface area contributed by atoms with Crippen molar-refractivity contribution >= 4 is 39.8 Å². The van der Waals surface area contributed by atoms with Crippen LogP contribution in [0.25, 0.3) is 16.5 Å². The first-order chi connectivity index (χ1) is 14.2. The molecule has 6 nitrogen and oxygen atoms in total. The average molecular weight is 422 g/mol. The quantitative estimate of drug-likeness (QED) is 0.266. The van der Waals surface area contributed by atoms with Gasteiger partial charge in [0.15, 0.2) is 10.9 Å². The fraction of sp³-hybridized carbons (Fsp3) is 0.304. The van der Waals surface area contributed by atoms with Crippen molar-refractivity contribution in [1.29, 1.82) is 0 Å². The maximum absolute atomic E-state index is 12.7. The highest BCUT2D eigenvalue weighted by Crippen LogP contribution is 2.39. The molecule has 1 aliphatic rings. The zero-order valence-corrected chi connectivity index (χ0v) is 18.5. The number of hydrogen-bond donors (Lipinski definition) is 0. The number of rotatable bonds is 4. The molecule has 0 saturated heterocycles. The largest absolute Gasteiger partial charge is 0.422 e. The molecule has 0 N–H and O–H groups in total. The number of aryl methyl sites for hydroxylation is 1. The average Bonchev–Trinajstić information content (AvgIpc) is 2.68. The van der Waals surface area contributed by atoms with Gasteiger partial charge in [0.05, 0.1) is 11.3 Å². The van der Waals surface area contributed by atoms with Crippen LogP contribution in [0.1, 0.15) is 42.4 Å². The Balaban J connectivity index is 1.69. The van der Waals surface area contributed by atoms with Crippen LogP contribution in [0.2, 0.25) is 0 Å². The first-order valence-electron chi connectivity index (χ1n) is 9.67. The zero-order valence-electron chi connectivity index (χ0n) is 17.6. The molecule has 0 atom stereocenters. The van der Waals surface area contributed by atoms with E-state index in [1.807, 2.05) is 26.1 Å². The second kappa shape index (κ2) is 7.40. The summed E-state index contributed by atoms with van der Waals surface area (Å²) in [6, 6.07) is 7.29. The molecule has 1 aliphatic heterocycles. The van der Waals surface area contributed by atoms with Gasteiger partial charge in [0.25, 0.3) is 0 Å². The zero-order chi connectivity index (χ0) is 21.6. The van der Waals surface area contributed by atoms with Crippen molar-refractivity contribution in [2.45, 2.75) is 38.4 Å². The van der Waals surface area contributed by atoms with Crippen molar-refractivity contribution < 1.29 is 9.21 Å². The van der Waals surface area contributed by atoms with Crippen LogP contribution in [0.3, 0.4) is 0 Å². The van der Waals surface area contributed by atoms with Gasteiger partial charge in [-0.2, -0.15) is 0 Å². The van der Waals surface area contributed by atoms with E-state index in [1.165, 1.54) is 11.8 Å². The number of Topliss-reactive ketones (excluding diaryl/α,β-unsaturated/α-hetero) is 1. The van der Waals surface area contributed by atoms with E-state index in [9.17, 15) is 9.59 Å². The third-order valence-electron chi connectivity index (χ3n) is 5.48. The van der Waals surface area contributed by atoms with Crippen molar-refractivity contribution in [3.05, 3.63) is 63.8 Å². The Hall–Kier alpha value is -2.93. The van der Waals surface area contributed by atoms with E-state index in [4.69, 9.17) is 4.42 Å². The Bertz CT molecular complexity index is 1260. The molecule has 0 bridgehead atoms. The molecule has 0 fully saturated rings. The molecule has 0 saturated carbocycles. The monoisotopic (exact) mass is 421 g/mol. The summed E-state index contributed by atoms with van der Waals surface area (Å²) in [4.78, 5) is 35.8. The topological polar surface area (TPSA) is 76.3 Å². The Morgan fingerprint density at radius 1 is 1.23 bits per heavy atom. The van der Waals surface area contributed by atoms with Crippen molar-refractivity contribution in [3.63, 3.8) is 0 Å². The van der Waals surface area contributed by atoms with Gasteiger partial charge in [-0.25, -0.2) is 14.8 Å². The predicted molar refractivity (Wildman–Crippen MR) is 120 cm³/mol. The first-order valence-corrected chi connectivity index (χ1v) is 10.7. The number of carbonyl (C=O) groups excluding carboxylic acids is 1. The van der Waals surface area contributed by atoms with E-state index < -0.39 is 5.63 Å². The van der Waals surface area contributed by atoms with Crippen LogP contribution in [-0.4, -0.2) is 34.1 Å². The van der Waals surface area contributed by atoms with Crippen LogP contribution in [-0.2, 0) is 0 Å². The molecule has 4 rings (SSSR count). The van der Waals surface area contributed by atoms with Gasteiger partial charge in [0.1, 0.15) is 11.1 Å². The molecule has 0 unspecified atom stereocenters. The summed E-state index contributed by atoms with van der Waals surface area (Å²) in [5.74, 6) is -0.232. The summed E-state index contributed by atoms with van der Waals surface area (Å²) in [6.07, 6.45) is 3.86. The van der Waals surface area contributed by atoms with E-state index in [0.717, 1.165) is 27.9 Å². The Labute approximate surface area is 179 Å². The fourth-order valence-corrected chi connectivity index (χ4v) is 4.42. The molecular formula is C23H23N3O3S. The van der Waals surface area contributed by atoms with E-state index in [-0.39, 0.29) is 22.6 Å². The molecule has 154 valence electrons. The van der Waals surface area contributed by atoms with Gasteiger partial charge >= 0.3 is 5.63 Å². The molecule has 2 aromatic heterocycles. The second-order valence-corrected chi connectivity index (χ2v) is 9.03. The molecule has 3 heterocycles. The maximum atomic E-state index is 12.7. The van der Waals surface area contributed by atoms with Crippen LogP contribution in [0.5, 0.6) is 0 Å². The molecule has 1 aromatic carbocycles. The van der Waals surface area contributed by atoms with Crippen LogP contribution in [0, 0.1) is 6.92 Å². The third-order valence-corrected chi connectivity index (χ3v) is 6.34. The summed E-state index contributed by atoms with van der Waals surface area (Å²) in [5.41, 5.74) is 3.81. The lowest BCUT2D eigenvalue weighted by Gasteiger charge is -2.40. The van der Waals surface area contributed by atoms with Crippen LogP contribution < -0.4 is 10.5 Å². The van der Waals surface area contributed by atoms with Gasteiger partial charge in [-0.3, -0.25) is 4.79 Å². The Morgan fingerprint density at radius 3 is 2.73 bits per heavy atom. The van der Waals surface area contributed by atoms with Crippen molar-refractivity contribution in [1.82, 2.24) is 9.97 Å².